The lowest BCUT2D eigenvalue weighted by Gasteiger charge is -2.20. The number of nitrogens with zero attached hydrogens (tertiary/aromatic N) is 1. The van der Waals surface area contributed by atoms with E-state index in [0.29, 0.717) is 12.4 Å². The van der Waals surface area contributed by atoms with Gasteiger partial charge in [-0.2, -0.15) is 0 Å². The van der Waals surface area contributed by atoms with Crippen molar-refractivity contribution in [2.24, 2.45) is 0 Å². The van der Waals surface area contributed by atoms with Gasteiger partial charge in [0.05, 0.1) is 6.61 Å². The number of hydrogen-bond acceptors (Lipinski definition) is 4. The molecule has 20 heavy (non-hydrogen) atoms. The first-order valence-electron chi connectivity index (χ1n) is 6.84. The summed E-state index contributed by atoms with van der Waals surface area (Å²) in [5.41, 5.74) is 8.11. The van der Waals surface area contributed by atoms with Crippen LogP contribution < -0.4 is 15.8 Å². The van der Waals surface area contributed by atoms with Crippen LogP contribution >= 0.6 is 0 Å². The van der Waals surface area contributed by atoms with Crippen LogP contribution in [-0.2, 0) is 6.42 Å². The normalized spacial score (nSPS) is 12.1. The van der Waals surface area contributed by atoms with Crippen molar-refractivity contribution in [3.63, 3.8) is 0 Å². The van der Waals surface area contributed by atoms with Crippen LogP contribution in [-0.4, -0.2) is 18.6 Å². The zero-order valence-corrected chi connectivity index (χ0v) is 12.0. The Morgan fingerprint density at radius 2 is 2.05 bits per heavy atom. The third-order valence-corrected chi connectivity index (χ3v) is 3.29. The fraction of sp³-hybridized carbons (Fsp3) is 0.312. The molecule has 0 fully saturated rings. The van der Waals surface area contributed by atoms with E-state index in [2.05, 4.69) is 16.4 Å². The molecule has 0 aliphatic rings. The number of anilines is 1. The average Bonchev–Trinajstić information content (AvgIpc) is 2.48. The molecule has 0 radical (unpaired) electrons. The first-order valence-corrected chi connectivity index (χ1v) is 6.84. The highest BCUT2D eigenvalue weighted by molar-refractivity contribution is 5.42. The van der Waals surface area contributed by atoms with E-state index >= 15 is 0 Å². The Balaban J connectivity index is 2.27. The van der Waals surface area contributed by atoms with Crippen molar-refractivity contribution >= 4 is 5.82 Å². The lowest BCUT2D eigenvalue weighted by Crippen LogP contribution is -2.20. The van der Waals surface area contributed by atoms with Gasteiger partial charge in [-0.15, -0.1) is 0 Å². The summed E-state index contributed by atoms with van der Waals surface area (Å²) in [5.74, 6) is 1.50. The number of rotatable bonds is 6. The minimum atomic E-state index is 0.143. The van der Waals surface area contributed by atoms with E-state index in [1.165, 1.54) is 0 Å². The molecule has 4 nitrogen and oxygen atoms in total. The van der Waals surface area contributed by atoms with Crippen molar-refractivity contribution in [2.45, 2.75) is 19.4 Å². The molecule has 0 saturated heterocycles. The molecule has 0 aliphatic heterocycles. The molecule has 2 rings (SSSR count). The molecule has 1 aromatic carbocycles. The molecule has 1 aromatic heterocycles. The van der Waals surface area contributed by atoms with Gasteiger partial charge >= 0.3 is 0 Å². The maximum atomic E-state index is 5.93. The largest absolute Gasteiger partial charge is 0.494 e. The molecule has 3 N–H and O–H groups in total. The van der Waals surface area contributed by atoms with E-state index in [0.717, 1.165) is 23.3 Å². The monoisotopic (exact) mass is 271 g/mol. The van der Waals surface area contributed by atoms with Gasteiger partial charge in [-0.3, -0.25) is 0 Å². The van der Waals surface area contributed by atoms with Crippen molar-refractivity contribution < 1.29 is 4.74 Å². The fourth-order valence-electron chi connectivity index (χ4n) is 2.27. The summed E-state index contributed by atoms with van der Waals surface area (Å²) < 4.78 is 5.70. The van der Waals surface area contributed by atoms with E-state index in [1.807, 2.05) is 44.3 Å². The molecular formula is C16H21N3O. The van der Waals surface area contributed by atoms with Crippen LogP contribution in [0.15, 0.2) is 42.6 Å². The second kappa shape index (κ2) is 6.91. The molecule has 1 atom stereocenters. The number of para-hydroxylation sites is 1. The second-order valence-corrected chi connectivity index (χ2v) is 4.56. The topological polar surface area (TPSA) is 60.2 Å². The Hall–Kier alpha value is -2.07. The standard InChI is InChI=1S/C16H21N3O/c1-3-20-15-9-5-4-8-13(15)14(18-2)11-12-7-6-10-19-16(12)17/h4-10,14,18H,3,11H2,1-2H3,(H2,17,19). The smallest absolute Gasteiger partial charge is 0.126 e. The van der Waals surface area contributed by atoms with Gasteiger partial charge in [-0.25, -0.2) is 4.98 Å². The van der Waals surface area contributed by atoms with Gasteiger partial charge in [-0.05, 0) is 38.1 Å². The SMILES string of the molecule is CCOc1ccccc1C(Cc1cccnc1N)NC. The summed E-state index contributed by atoms with van der Waals surface area (Å²) in [5, 5.41) is 3.33. The molecule has 106 valence electrons. The van der Waals surface area contributed by atoms with Gasteiger partial charge < -0.3 is 15.8 Å². The number of nitrogens with two attached hydrogens (primary N) is 1. The van der Waals surface area contributed by atoms with E-state index in [1.54, 1.807) is 6.20 Å². The number of hydrogen-bond donors (Lipinski definition) is 2. The predicted octanol–water partition coefficient (Wildman–Crippen LogP) is 2.57. The van der Waals surface area contributed by atoms with Crippen LogP contribution in [0, 0.1) is 0 Å². The Morgan fingerprint density at radius 1 is 1.25 bits per heavy atom. The van der Waals surface area contributed by atoms with E-state index in [-0.39, 0.29) is 6.04 Å². The summed E-state index contributed by atoms with van der Waals surface area (Å²) in [7, 11) is 1.94. The average molecular weight is 271 g/mol. The van der Waals surface area contributed by atoms with E-state index in [4.69, 9.17) is 10.5 Å². The van der Waals surface area contributed by atoms with Gasteiger partial charge in [0.2, 0.25) is 0 Å². The number of benzene rings is 1. The molecule has 0 aliphatic carbocycles. The molecular weight excluding hydrogens is 250 g/mol. The molecule has 0 amide bonds. The van der Waals surface area contributed by atoms with E-state index in [9.17, 15) is 0 Å². The zero-order valence-electron chi connectivity index (χ0n) is 12.0. The number of nitrogen functional groups attached to an aromatic ring is 1. The second-order valence-electron chi connectivity index (χ2n) is 4.56. The highest BCUT2D eigenvalue weighted by atomic mass is 16.5. The van der Waals surface area contributed by atoms with Crippen LogP contribution in [0.2, 0.25) is 0 Å². The third-order valence-electron chi connectivity index (χ3n) is 3.29. The van der Waals surface area contributed by atoms with Crippen LogP contribution in [0.25, 0.3) is 0 Å². The number of aromatic nitrogens is 1. The van der Waals surface area contributed by atoms with Crippen LogP contribution in [0.1, 0.15) is 24.1 Å². The van der Waals surface area contributed by atoms with Crippen molar-refractivity contribution in [1.29, 1.82) is 0 Å². The van der Waals surface area contributed by atoms with Crippen LogP contribution in [0.4, 0.5) is 5.82 Å². The molecule has 0 bridgehead atoms. The summed E-state index contributed by atoms with van der Waals surface area (Å²) >= 11 is 0. The lowest BCUT2D eigenvalue weighted by atomic mass is 9.98. The number of pyridine rings is 1. The van der Waals surface area contributed by atoms with Crippen LogP contribution in [0.5, 0.6) is 5.75 Å². The zero-order chi connectivity index (χ0) is 14.4. The Labute approximate surface area is 120 Å². The Bertz CT molecular complexity index is 557. The summed E-state index contributed by atoms with van der Waals surface area (Å²) in [6, 6.07) is 12.1. The Kier molecular flexibility index (Phi) is 4.96. The van der Waals surface area contributed by atoms with Gasteiger partial charge in [0, 0.05) is 17.8 Å². The van der Waals surface area contributed by atoms with Crippen molar-refractivity contribution in [3.05, 3.63) is 53.7 Å². The highest BCUT2D eigenvalue weighted by Gasteiger charge is 2.16. The van der Waals surface area contributed by atoms with E-state index < -0.39 is 0 Å². The van der Waals surface area contributed by atoms with Crippen molar-refractivity contribution in [1.82, 2.24) is 10.3 Å². The molecule has 2 aromatic rings. The molecule has 0 spiro atoms. The van der Waals surface area contributed by atoms with Gasteiger partial charge in [-0.1, -0.05) is 24.3 Å². The summed E-state index contributed by atoms with van der Waals surface area (Å²) in [4.78, 5) is 4.14. The molecule has 1 heterocycles. The minimum Gasteiger partial charge on any atom is -0.494 e. The predicted molar refractivity (Wildman–Crippen MR) is 81.8 cm³/mol. The lowest BCUT2D eigenvalue weighted by molar-refractivity contribution is 0.332. The highest BCUT2D eigenvalue weighted by Crippen LogP contribution is 2.28. The number of nitrogens with one attached hydrogen (secondary N) is 1. The fourth-order valence-corrected chi connectivity index (χ4v) is 2.27. The summed E-state index contributed by atoms with van der Waals surface area (Å²) in [6.07, 6.45) is 2.49. The van der Waals surface area contributed by atoms with Gasteiger partial charge in [0.25, 0.3) is 0 Å². The van der Waals surface area contributed by atoms with Crippen LogP contribution in [0.3, 0.4) is 0 Å². The molecule has 4 heteroatoms. The quantitative estimate of drug-likeness (QED) is 0.847. The summed E-state index contributed by atoms with van der Waals surface area (Å²) in [6.45, 7) is 2.65. The van der Waals surface area contributed by atoms with Gasteiger partial charge in [0.1, 0.15) is 11.6 Å². The minimum absolute atomic E-state index is 0.143. The Morgan fingerprint density at radius 3 is 2.75 bits per heavy atom. The molecule has 0 saturated carbocycles. The van der Waals surface area contributed by atoms with Crippen molar-refractivity contribution in [3.8, 4) is 5.75 Å². The number of likely N-dealkylation sites (N-methyl/N-ethyl adjacent to an activating group) is 1. The van der Waals surface area contributed by atoms with Gasteiger partial charge in [0.15, 0.2) is 0 Å². The first-order chi connectivity index (χ1) is 9.76. The maximum absolute atomic E-state index is 5.93. The number of ether oxygens (including phenoxy) is 1. The molecule has 1 unspecified atom stereocenters. The third kappa shape index (κ3) is 3.27. The maximum Gasteiger partial charge on any atom is 0.126 e. The van der Waals surface area contributed by atoms with Crippen molar-refractivity contribution in [2.75, 3.05) is 19.4 Å². The first kappa shape index (κ1) is 14.3.